The van der Waals surface area contributed by atoms with E-state index in [0.29, 0.717) is 12.2 Å². The Morgan fingerprint density at radius 3 is 2.67 bits per heavy atom. The van der Waals surface area contributed by atoms with Crippen molar-refractivity contribution in [2.75, 3.05) is 18.1 Å². The van der Waals surface area contributed by atoms with Crippen molar-refractivity contribution in [3.05, 3.63) is 41.2 Å². The molecule has 0 fully saturated rings. The summed E-state index contributed by atoms with van der Waals surface area (Å²) in [6.45, 7) is 4.28. The topological polar surface area (TPSA) is 104 Å². The first-order valence-corrected chi connectivity index (χ1v) is 9.51. The van der Waals surface area contributed by atoms with E-state index in [9.17, 15) is 13.2 Å². The number of nitrogens with zero attached hydrogens (tertiary/aromatic N) is 1. The van der Waals surface area contributed by atoms with Crippen molar-refractivity contribution in [3.63, 3.8) is 0 Å². The molecule has 0 saturated heterocycles. The largest absolute Gasteiger partial charge is 0.338 e. The molecule has 3 N–H and O–H groups in total. The highest BCUT2D eigenvalue weighted by molar-refractivity contribution is 7.90. The zero-order valence-electron chi connectivity index (χ0n) is 14.0. The third-order valence-electron chi connectivity index (χ3n) is 3.73. The minimum Gasteiger partial charge on any atom is -0.338 e. The van der Waals surface area contributed by atoms with Gasteiger partial charge in [0.25, 0.3) is 0 Å². The molecule has 130 valence electrons. The minimum atomic E-state index is -3.31. The number of aryl methyl sites for hydroxylation is 3. The molecule has 0 aliphatic heterocycles. The van der Waals surface area contributed by atoms with Gasteiger partial charge in [0.05, 0.1) is 11.1 Å². The van der Waals surface area contributed by atoms with Gasteiger partial charge in [0.1, 0.15) is 0 Å². The molecule has 0 spiro atoms. The molecule has 0 aliphatic carbocycles. The van der Waals surface area contributed by atoms with E-state index in [1.807, 2.05) is 13.8 Å². The molecule has 1 heterocycles. The van der Waals surface area contributed by atoms with Gasteiger partial charge in [-0.15, -0.1) is 0 Å². The van der Waals surface area contributed by atoms with E-state index >= 15 is 0 Å². The standard InChI is InChI=1S/C16H22N4O3S/c1-11-6-7-14(24(3,22)23)9-15(11)19-16(21)17-8-4-5-13-10-18-20-12(13)2/h6-7,9-10H,4-5,8H2,1-3H3,(H,18,20)(H2,17,19,21). The molecular formula is C16H22N4O3S. The lowest BCUT2D eigenvalue weighted by atomic mass is 10.1. The fraction of sp³-hybridized carbons (Fsp3) is 0.375. The smallest absolute Gasteiger partial charge is 0.319 e. The lowest BCUT2D eigenvalue weighted by Gasteiger charge is -2.11. The Hall–Kier alpha value is -2.35. The second-order valence-corrected chi connectivity index (χ2v) is 7.77. The van der Waals surface area contributed by atoms with Crippen LogP contribution in [0, 0.1) is 13.8 Å². The molecule has 0 radical (unpaired) electrons. The molecule has 7 nitrogen and oxygen atoms in total. The lowest BCUT2D eigenvalue weighted by molar-refractivity contribution is 0.252. The SMILES string of the molecule is Cc1ccc(S(C)(=O)=O)cc1NC(=O)NCCCc1cn[nH]c1C. The Bertz CT molecular complexity index is 828. The second kappa shape index (κ2) is 7.48. The number of rotatable bonds is 6. The highest BCUT2D eigenvalue weighted by Crippen LogP contribution is 2.20. The first-order valence-electron chi connectivity index (χ1n) is 7.62. The Labute approximate surface area is 141 Å². The number of carbonyl (C=O) groups excluding carboxylic acids is 1. The van der Waals surface area contributed by atoms with Crippen molar-refractivity contribution in [3.8, 4) is 0 Å². The maximum absolute atomic E-state index is 12.0. The van der Waals surface area contributed by atoms with Crippen LogP contribution in [0.4, 0.5) is 10.5 Å². The molecule has 1 aromatic heterocycles. The van der Waals surface area contributed by atoms with Crippen molar-refractivity contribution in [1.29, 1.82) is 0 Å². The first-order chi connectivity index (χ1) is 11.3. The number of carbonyl (C=O) groups is 1. The third-order valence-corrected chi connectivity index (χ3v) is 4.84. The third kappa shape index (κ3) is 4.82. The maximum Gasteiger partial charge on any atom is 0.319 e. The molecule has 0 saturated carbocycles. The van der Waals surface area contributed by atoms with Gasteiger partial charge in [0.15, 0.2) is 9.84 Å². The van der Waals surface area contributed by atoms with Crippen LogP contribution in [0.1, 0.15) is 23.2 Å². The van der Waals surface area contributed by atoms with E-state index in [1.165, 1.54) is 12.1 Å². The molecule has 2 rings (SSSR count). The predicted octanol–water partition coefficient (Wildman–Crippen LogP) is 2.18. The molecule has 0 aliphatic rings. The Balaban J connectivity index is 1.87. The summed E-state index contributed by atoms with van der Waals surface area (Å²) in [5, 5.41) is 12.3. The minimum absolute atomic E-state index is 0.179. The van der Waals surface area contributed by atoms with E-state index in [-0.39, 0.29) is 10.9 Å². The number of hydrogen-bond donors (Lipinski definition) is 3. The summed E-state index contributed by atoms with van der Waals surface area (Å²) in [6, 6.07) is 4.32. The van der Waals surface area contributed by atoms with Crippen molar-refractivity contribution in [1.82, 2.24) is 15.5 Å². The van der Waals surface area contributed by atoms with Gasteiger partial charge in [-0.05, 0) is 49.9 Å². The summed E-state index contributed by atoms with van der Waals surface area (Å²) in [4.78, 5) is 12.1. The monoisotopic (exact) mass is 350 g/mol. The average Bonchev–Trinajstić information content (AvgIpc) is 2.90. The van der Waals surface area contributed by atoms with Crippen LogP contribution < -0.4 is 10.6 Å². The zero-order chi connectivity index (χ0) is 17.7. The Kier molecular flexibility index (Phi) is 5.61. The maximum atomic E-state index is 12.0. The van der Waals surface area contributed by atoms with Gasteiger partial charge >= 0.3 is 6.03 Å². The van der Waals surface area contributed by atoms with Gasteiger partial charge in [0.2, 0.25) is 0 Å². The van der Waals surface area contributed by atoms with Crippen LogP contribution >= 0.6 is 0 Å². The summed E-state index contributed by atoms with van der Waals surface area (Å²) in [5.74, 6) is 0. The number of anilines is 1. The molecule has 24 heavy (non-hydrogen) atoms. The molecule has 0 bridgehead atoms. The van der Waals surface area contributed by atoms with Crippen LogP contribution in [0.15, 0.2) is 29.3 Å². The number of benzene rings is 1. The van der Waals surface area contributed by atoms with E-state index in [2.05, 4.69) is 20.8 Å². The molecule has 1 aromatic carbocycles. The molecule has 2 amide bonds. The van der Waals surface area contributed by atoms with E-state index in [1.54, 1.807) is 12.3 Å². The number of nitrogens with one attached hydrogen (secondary N) is 3. The highest BCUT2D eigenvalue weighted by atomic mass is 32.2. The summed E-state index contributed by atoms with van der Waals surface area (Å²) >= 11 is 0. The van der Waals surface area contributed by atoms with E-state index in [4.69, 9.17) is 0 Å². The predicted molar refractivity (Wildman–Crippen MR) is 93.0 cm³/mol. The number of H-pyrrole nitrogens is 1. The average molecular weight is 350 g/mol. The number of amides is 2. The lowest BCUT2D eigenvalue weighted by Crippen LogP contribution is -2.30. The van der Waals surface area contributed by atoms with Crippen LogP contribution in [-0.2, 0) is 16.3 Å². The van der Waals surface area contributed by atoms with Crippen LogP contribution in [0.2, 0.25) is 0 Å². The Morgan fingerprint density at radius 2 is 2.04 bits per heavy atom. The van der Waals surface area contributed by atoms with Gasteiger partial charge in [0, 0.05) is 24.2 Å². The summed E-state index contributed by atoms with van der Waals surface area (Å²) in [6.07, 6.45) is 4.54. The number of aromatic amines is 1. The van der Waals surface area contributed by atoms with E-state index in [0.717, 1.165) is 35.9 Å². The second-order valence-electron chi connectivity index (χ2n) is 5.75. The summed E-state index contributed by atoms with van der Waals surface area (Å²) in [5.41, 5.74) is 3.45. The quantitative estimate of drug-likeness (QED) is 0.695. The van der Waals surface area contributed by atoms with Gasteiger partial charge in [-0.2, -0.15) is 5.10 Å². The first kappa shape index (κ1) is 18.0. The molecule has 2 aromatic rings. The zero-order valence-corrected chi connectivity index (χ0v) is 14.8. The van der Waals surface area contributed by atoms with Crippen molar-refractivity contribution >= 4 is 21.6 Å². The van der Waals surface area contributed by atoms with Crippen molar-refractivity contribution < 1.29 is 13.2 Å². The summed E-state index contributed by atoms with van der Waals surface area (Å²) < 4.78 is 23.2. The Morgan fingerprint density at radius 1 is 1.29 bits per heavy atom. The number of aromatic nitrogens is 2. The van der Waals surface area contributed by atoms with E-state index < -0.39 is 9.84 Å². The fourth-order valence-corrected chi connectivity index (χ4v) is 2.89. The van der Waals surface area contributed by atoms with Crippen molar-refractivity contribution in [2.45, 2.75) is 31.6 Å². The van der Waals surface area contributed by atoms with Gasteiger partial charge < -0.3 is 10.6 Å². The number of urea groups is 1. The number of hydrogen-bond acceptors (Lipinski definition) is 4. The van der Waals surface area contributed by atoms with Crippen molar-refractivity contribution in [2.24, 2.45) is 0 Å². The molecule has 0 atom stereocenters. The molecule has 8 heteroatoms. The van der Waals surface area contributed by atoms with Crippen LogP contribution in [0.3, 0.4) is 0 Å². The van der Waals surface area contributed by atoms with Crippen LogP contribution in [0.25, 0.3) is 0 Å². The molecule has 0 unspecified atom stereocenters. The normalized spacial score (nSPS) is 11.3. The highest BCUT2D eigenvalue weighted by Gasteiger charge is 2.11. The van der Waals surface area contributed by atoms with Gasteiger partial charge in [-0.25, -0.2) is 13.2 Å². The fourth-order valence-electron chi connectivity index (χ4n) is 2.24. The van der Waals surface area contributed by atoms with Gasteiger partial charge in [-0.1, -0.05) is 6.07 Å². The van der Waals surface area contributed by atoms with Crippen LogP contribution in [0.5, 0.6) is 0 Å². The number of sulfone groups is 1. The molecular weight excluding hydrogens is 328 g/mol. The summed E-state index contributed by atoms with van der Waals surface area (Å²) in [7, 11) is -3.31. The van der Waals surface area contributed by atoms with Crippen LogP contribution in [-0.4, -0.2) is 37.4 Å². The van der Waals surface area contributed by atoms with Gasteiger partial charge in [-0.3, -0.25) is 5.10 Å².